The first-order valence-corrected chi connectivity index (χ1v) is 7.54. The minimum absolute atomic E-state index is 0.326. The molecule has 0 aliphatic heterocycles. The Morgan fingerprint density at radius 2 is 2.04 bits per heavy atom. The molecule has 3 aromatic rings. The second-order valence-corrected chi connectivity index (χ2v) is 5.03. The van der Waals surface area contributed by atoms with E-state index in [9.17, 15) is 4.79 Å². The van der Waals surface area contributed by atoms with E-state index in [-0.39, 0.29) is 5.97 Å². The average molecular weight is 323 g/mol. The van der Waals surface area contributed by atoms with Gasteiger partial charge < -0.3 is 9.72 Å². The van der Waals surface area contributed by atoms with E-state index in [1.807, 2.05) is 13.0 Å². The van der Waals surface area contributed by atoms with Gasteiger partial charge in [0.15, 0.2) is 5.82 Å². The first-order valence-electron chi connectivity index (χ1n) is 7.54. The van der Waals surface area contributed by atoms with Crippen LogP contribution in [0.2, 0.25) is 0 Å². The largest absolute Gasteiger partial charge is 0.462 e. The number of nitrogens with one attached hydrogen (secondary N) is 1. The fraction of sp³-hybridized carbons (Fsp3) is 0.176. The van der Waals surface area contributed by atoms with E-state index in [4.69, 9.17) is 4.74 Å². The van der Waals surface area contributed by atoms with Crippen LogP contribution < -0.4 is 4.90 Å². The van der Waals surface area contributed by atoms with Gasteiger partial charge in [-0.2, -0.15) is 0 Å². The lowest BCUT2D eigenvalue weighted by molar-refractivity contribution is 0.0526. The number of aromatic nitrogens is 4. The van der Waals surface area contributed by atoms with Crippen molar-refractivity contribution in [1.29, 1.82) is 0 Å². The van der Waals surface area contributed by atoms with Crippen molar-refractivity contribution in [2.75, 3.05) is 11.5 Å². The van der Waals surface area contributed by atoms with Gasteiger partial charge in [-0.1, -0.05) is 6.07 Å². The maximum absolute atomic E-state index is 12.1. The monoisotopic (exact) mass is 323 g/mol. The highest BCUT2D eigenvalue weighted by Gasteiger charge is 2.20. The summed E-state index contributed by atoms with van der Waals surface area (Å²) in [6, 6.07) is 7.11. The Morgan fingerprint density at radius 3 is 2.71 bits per heavy atom. The average Bonchev–Trinajstić information content (AvgIpc) is 3.12. The van der Waals surface area contributed by atoms with Crippen molar-refractivity contribution in [2.45, 2.75) is 13.8 Å². The molecule has 7 heteroatoms. The third-order valence-corrected chi connectivity index (χ3v) is 3.43. The zero-order valence-electron chi connectivity index (χ0n) is 13.4. The quantitative estimate of drug-likeness (QED) is 0.726. The molecule has 0 fully saturated rings. The van der Waals surface area contributed by atoms with E-state index in [0.717, 1.165) is 11.3 Å². The lowest BCUT2D eigenvalue weighted by Crippen LogP contribution is -2.15. The molecular formula is C17H17N5O2. The van der Waals surface area contributed by atoms with Gasteiger partial charge in [0.05, 0.1) is 24.2 Å². The first kappa shape index (κ1) is 15.7. The molecule has 0 atom stereocenters. The zero-order valence-corrected chi connectivity index (χ0v) is 13.4. The van der Waals surface area contributed by atoms with Gasteiger partial charge in [0.2, 0.25) is 5.95 Å². The molecule has 0 saturated carbocycles. The van der Waals surface area contributed by atoms with Crippen LogP contribution in [0.1, 0.15) is 22.8 Å². The van der Waals surface area contributed by atoms with E-state index >= 15 is 0 Å². The lowest BCUT2D eigenvalue weighted by atomic mass is 10.1. The number of anilines is 3. The molecule has 122 valence electrons. The Bertz CT molecular complexity index is 818. The predicted octanol–water partition coefficient (Wildman–Crippen LogP) is 3.15. The molecule has 0 aliphatic rings. The topological polar surface area (TPSA) is 84.0 Å². The number of nitrogens with zero attached hydrogens (tertiary/aromatic N) is 4. The Morgan fingerprint density at radius 1 is 1.25 bits per heavy atom. The molecule has 0 spiro atoms. The molecule has 1 aromatic carbocycles. The minimum Gasteiger partial charge on any atom is -0.462 e. The van der Waals surface area contributed by atoms with Gasteiger partial charge in [0.25, 0.3) is 0 Å². The van der Waals surface area contributed by atoms with Crippen molar-refractivity contribution in [2.24, 2.45) is 0 Å². The second-order valence-electron chi connectivity index (χ2n) is 5.03. The van der Waals surface area contributed by atoms with Crippen LogP contribution in [0.15, 0.2) is 49.2 Å². The van der Waals surface area contributed by atoms with Crippen molar-refractivity contribution in [3.8, 4) is 0 Å². The maximum Gasteiger partial charge on any atom is 0.338 e. The molecule has 0 saturated heterocycles. The Labute approximate surface area is 139 Å². The fourth-order valence-electron chi connectivity index (χ4n) is 2.31. The highest BCUT2D eigenvalue weighted by molar-refractivity contribution is 5.91. The van der Waals surface area contributed by atoms with Crippen molar-refractivity contribution in [1.82, 2.24) is 19.9 Å². The third-order valence-electron chi connectivity index (χ3n) is 3.43. The standard InChI is InChI=1S/C17H17N5O2/c1-3-24-16(23)13-6-5-12(2)14(9-13)22(15-10-18-11-21-15)17-19-7-4-8-20-17/h4-11H,3H2,1-2H3,(H,18,21). The Balaban J connectivity index is 2.11. The number of carbonyl (C=O) groups is 1. The Kier molecular flexibility index (Phi) is 4.51. The molecule has 0 amide bonds. The SMILES string of the molecule is CCOC(=O)c1ccc(C)c(N(c2c[nH]cn2)c2ncccn2)c1. The summed E-state index contributed by atoms with van der Waals surface area (Å²) in [4.78, 5) is 29.7. The lowest BCUT2D eigenvalue weighted by Gasteiger charge is -2.22. The van der Waals surface area contributed by atoms with E-state index in [1.54, 1.807) is 54.9 Å². The number of esters is 1. The van der Waals surface area contributed by atoms with Gasteiger partial charge in [-0.15, -0.1) is 0 Å². The molecule has 1 N–H and O–H groups in total. The van der Waals surface area contributed by atoms with Crippen molar-refractivity contribution >= 4 is 23.4 Å². The number of hydrogen-bond acceptors (Lipinski definition) is 6. The molecule has 2 aromatic heterocycles. The number of imidazole rings is 1. The third kappa shape index (κ3) is 3.10. The molecule has 2 heterocycles. The summed E-state index contributed by atoms with van der Waals surface area (Å²) in [7, 11) is 0. The van der Waals surface area contributed by atoms with Crippen molar-refractivity contribution in [3.05, 3.63) is 60.3 Å². The van der Waals surface area contributed by atoms with Crippen LogP contribution in [0.25, 0.3) is 0 Å². The summed E-state index contributed by atoms with van der Waals surface area (Å²) in [5.41, 5.74) is 2.19. The highest BCUT2D eigenvalue weighted by Crippen LogP contribution is 2.33. The van der Waals surface area contributed by atoms with Crippen molar-refractivity contribution < 1.29 is 9.53 Å². The van der Waals surface area contributed by atoms with E-state index in [0.29, 0.717) is 23.9 Å². The molecular weight excluding hydrogens is 306 g/mol. The normalized spacial score (nSPS) is 10.4. The summed E-state index contributed by atoms with van der Waals surface area (Å²) in [6.07, 6.45) is 6.64. The number of hydrogen-bond donors (Lipinski definition) is 1. The smallest absolute Gasteiger partial charge is 0.338 e. The minimum atomic E-state index is -0.366. The highest BCUT2D eigenvalue weighted by atomic mass is 16.5. The van der Waals surface area contributed by atoms with Crippen LogP contribution in [-0.2, 0) is 4.74 Å². The number of aryl methyl sites for hydroxylation is 1. The number of H-pyrrole nitrogens is 1. The molecule has 0 unspecified atom stereocenters. The number of rotatable bonds is 5. The summed E-state index contributed by atoms with van der Waals surface area (Å²) in [5.74, 6) is 0.730. The summed E-state index contributed by atoms with van der Waals surface area (Å²) in [6.45, 7) is 4.06. The van der Waals surface area contributed by atoms with Crippen LogP contribution in [0, 0.1) is 6.92 Å². The summed E-state index contributed by atoms with van der Waals surface area (Å²) in [5, 5.41) is 0. The number of ether oxygens (including phenoxy) is 1. The summed E-state index contributed by atoms with van der Waals surface area (Å²) < 4.78 is 5.09. The van der Waals surface area contributed by atoms with Gasteiger partial charge in [0.1, 0.15) is 0 Å². The number of carbonyl (C=O) groups excluding carboxylic acids is 1. The van der Waals surface area contributed by atoms with Gasteiger partial charge in [-0.05, 0) is 37.6 Å². The van der Waals surface area contributed by atoms with Crippen LogP contribution in [0.4, 0.5) is 17.5 Å². The molecule has 0 bridgehead atoms. The van der Waals surface area contributed by atoms with Crippen LogP contribution in [0.5, 0.6) is 0 Å². The zero-order chi connectivity index (χ0) is 16.9. The fourth-order valence-corrected chi connectivity index (χ4v) is 2.31. The van der Waals surface area contributed by atoms with Gasteiger partial charge >= 0.3 is 5.97 Å². The van der Waals surface area contributed by atoms with Crippen LogP contribution >= 0.6 is 0 Å². The molecule has 24 heavy (non-hydrogen) atoms. The number of benzene rings is 1. The van der Waals surface area contributed by atoms with Gasteiger partial charge in [-0.3, -0.25) is 4.90 Å². The Hall–Kier alpha value is -3.22. The maximum atomic E-state index is 12.1. The molecule has 0 radical (unpaired) electrons. The second kappa shape index (κ2) is 6.91. The van der Waals surface area contributed by atoms with Crippen LogP contribution in [-0.4, -0.2) is 32.5 Å². The summed E-state index contributed by atoms with van der Waals surface area (Å²) >= 11 is 0. The van der Waals surface area contributed by atoms with Gasteiger partial charge in [-0.25, -0.2) is 19.7 Å². The van der Waals surface area contributed by atoms with E-state index in [1.165, 1.54) is 0 Å². The van der Waals surface area contributed by atoms with Crippen LogP contribution in [0.3, 0.4) is 0 Å². The molecule has 3 rings (SSSR count). The first-order chi connectivity index (χ1) is 11.7. The van der Waals surface area contributed by atoms with Crippen molar-refractivity contribution in [3.63, 3.8) is 0 Å². The van der Waals surface area contributed by atoms with Gasteiger partial charge in [0, 0.05) is 18.6 Å². The molecule has 7 nitrogen and oxygen atoms in total. The van der Waals surface area contributed by atoms with E-state index < -0.39 is 0 Å². The van der Waals surface area contributed by atoms with E-state index in [2.05, 4.69) is 19.9 Å². The number of aromatic amines is 1. The predicted molar refractivity (Wildman–Crippen MR) is 89.6 cm³/mol. The molecule has 0 aliphatic carbocycles.